The first-order valence-corrected chi connectivity index (χ1v) is 7.11. The monoisotopic (exact) mass is 330 g/mol. The number of likely N-dealkylation sites (tertiary alicyclic amines) is 1. The minimum Gasteiger partial charge on any atom is -0.468 e. The molecule has 1 aliphatic heterocycles. The molecule has 0 radical (unpaired) electrons. The van der Waals surface area contributed by atoms with E-state index in [1.54, 1.807) is 11.9 Å². The first-order chi connectivity index (χ1) is 10.7. The molecule has 1 saturated heterocycles. The quantitative estimate of drug-likeness (QED) is 0.221. The average molecular weight is 330 g/mol. The van der Waals surface area contributed by atoms with Crippen molar-refractivity contribution in [1.82, 2.24) is 4.90 Å². The zero-order valence-corrected chi connectivity index (χ0v) is 13.7. The summed E-state index contributed by atoms with van der Waals surface area (Å²) >= 11 is 0. The number of esters is 2. The molecule has 1 heterocycles. The lowest BCUT2D eigenvalue weighted by Gasteiger charge is -2.24. The van der Waals surface area contributed by atoms with Crippen LogP contribution in [-0.4, -0.2) is 55.0 Å². The number of carbonyl (C=O) groups is 2. The van der Waals surface area contributed by atoms with E-state index in [-0.39, 0.29) is 18.3 Å². The molecule has 23 heavy (non-hydrogen) atoms. The molecule has 0 aromatic rings. The van der Waals surface area contributed by atoms with Gasteiger partial charge in [0.05, 0.1) is 13.5 Å². The van der Waals surface area contributed by atoms with Gasteiger partial charge in [0.15, 0.2) is 0 Å². The topological polar surface area (TPSA) is 108 Å². The zero-order valence-electron chi connectivity index (χ0n) is 13.7. The number of hydrogen-bond donors (Lipinski definition) is 0. The molecule has 9 nitrogen and oxygen atoms in total. The number of rotatable bonds is 7. The van der Waals surface area contributed by atoms with Crippen LogP contribution >= 0.6 is 0 Å². The van der Waals surface area contributed by atoms with E-state index >= 15 is 0 Å². The Hall–Kier alpha value is -2.16. The molecule has 0 aromatic carbocycles. The third-order valence-electron chi connectivity index (χ3n) is 3.89. The highest BCUT2D eigenvalue weighted by Crippen LogP contribution is 2.36. The predicted octanol–water partition coefficient (Wildman–Crippen LogP) is 0.769. The largest absolute Gasteiger partial charge is 0.468 e. The summed E-state index contributed by atoms with van der Waals surface area (Å²) in [4.78, 5) is 40.1. The Morgan fingerprint density at radius 3 is 2.57 bits per heavy atom. The summed E-state index contributed by atoms with van der Waals surface area (Å²) in [6, 6.07) is -0.596. The number of ether oxygens (including phenoxy) is 2. The first-order valence-electron chi connectivity index (χ1n) is 7.11. The van der Waals surface area contributed by atoms with Crippen LogP contribution in [0, 0.1) is 22.0 Å². The summed E-state index contributed by atoms with van der Waals surface area (Å²) in [5.41, 5.74) is 0.843. The molecular weight excluding hydrogens is 308 g/mol. The Labute approximate surface area is 134 Å². The summed E-state index contributed by atoms with van der Waals surface area (Å²) in [5.74, 6) is -1.58. The smallest absolute Gasteiger partial charge is 0.323 e. The van der Waals surface area contributed by atoms with Gasteiger partial charge in [0.2, 0.25) is 6.29 Å². The summed E-state index contributed by atoms with van der Waals surface area (Å²) in [6.45, 7) is 7.54. The standard InChI is InChI=1S/C14H22N2O7/c1-8(2)11-7-15(4)13(14(18)21-5)10(11)6-12(17)22-9(3)23-16(19)20/h9-11,13H,1,6-7H2,2-5H3/t9?,10-,11?,13-/m0/s1. The van der Waals surface area contributed by atoms with E-state index in [9.17, 15) is 19.7 Å². The van der Waals surface area contributed by atoms with Gasteiger partial charge in [-0.05, 0) is 26.8 Å². The van der Waals surface area contributed by atoms with E-state index in [2.05, 4.69) is 11.4 Å². The average Bonchev–Trinajstić information content (AvgIpc) is 2.73. The summed E-state index contributed by atoms with van der Waals surface area (Å²) in [6.07, 6.45) is -1.40. The molecule has 0 N–H and O–H groups in total. The molecular formula is C14H22N2O7. The molecule has 9 heteroatoms. The highest BCUT2D eigenvalue weighted by atomic mass is 17.0. The van der Waals surface area contributed by atoms with Crippen LogP contribution in [0.15, 0.2) is 12.2 Å². The van der Waals surface area contributed by atoms with Crippen molar-refractivity contribution in [3.8, 4) is 0 Å². The Kier molecular flexibility index (Phi) is 6.49. The summed E-state index contributed by atoms with van der Waals surface area (Å²) in [7, 11) is 3.05. The molecule has 1 fully saturated rings. The molecule has 1 rings (SSSR count). The van der Waals surface area contributed by atoms with Crippen molar-refractivity contribution < 1.29 is 29.0 Å². The number of likely N-dealkylation sites (N-methyl/N-ethyl adjacent to an activating group) is 1. The van der Waals surface area contributed by atoms with E-state index in [1.807, 2.05) is 6.92 Å². The van der Waals surface area contributed by atoms with Crippen molar-refractivity contribution in [2.45, 2.75) is 32.6 Å². The van der Waals surface area contributed by atoms with Gasteiger partial charge in [0, 0.05) is 12.5 Å². The molecule has 1 aliphatic rings. The van der Waals surface area contributed by atoms with E-state index < -0.39 is 29.4 Å². The van der Waals surface area contributed by atoms with Crippen LogP contribution in [0.2, 0.25) is 0 Å². The Morgan fingerprint density at radius 1 is 1.48 bits per heavy atom. The molecule has 0 amide bonds. The predicted molar refractivity (Wildman–Crippen MR) is 78.5 cm³/mol. The van der Waals surface area contributed by atoms with Gasteiger partial charge >= 0.3 is 11.9 Å². The second-order valence-electron chi connectivity index (χ2n) is 5.61. The minimum absolute atomic E-state index is 0.0802. The SMILES string of the molecule is C=C(C)C1CN(C)[C@H](C(=O)OC)[C@H]1CC(=O)OC(C)O[N+](=O)[O-]. The van der Waals surface area contributed by atoms with Gasteiger partial charge in [-0.1, -0.05) is 12.2 Å². The normalized spacial score (nSPS) is 25.5. The Morgan fingerprint density at radius 2 is 2.09 bits per heavy atom. The molecule has 130 valence electrons. The third kappa shape index (κ3) is 4.92. The lowest BCUT2D eigenvalue weighted by atomic mass is 9.84. The van der Waals surface area contributed by atoms with Crippen molar-refractivity contribution in [2.75, 3.05) is 20.7 Å². The molecule has 0 saturated carbocycles. The van der Waals surface area contributed by atoms with Crippen LogP contribution in [0.25, 0.3) is 0 Å². The molecule has 0 aliphatic carbocycles. The molecule has 4 atom stereocenters. The van der Waals surface area contributed by atoms with Gasteiger partial charge in [-0.15, -0.1) is 10.1 Å². The number of nitrogens with zero attached hydrogens (tertiary/aromatic N) is 2. The van der Waals surface area contributed by atoms with Crippen molar-refractivity contribution >= 4 is 11.9 Å². The number of methoxy groups -OCH3 is 1. The maximum Gasteiger partial charge on any atom is 0.323 e. The zero-order chi connectivity index (χ0) is 17.7. The lowest BCUT2D eigenvalue weighted by Crippen LogP contribution is -2.39. The maximum atomic E-state index is 12.0. The van der Waals surface area contributed by atoms with Crippen LogP contribution in [0.4, 0.5) is 0 Å². The van der Waals surface area contributed by atoms with Crippen molar-refractivity contribution in [3.63, 3.8) is 0 Å². The minimum atomic E-state index is -1.31. The first kappa shape index (κ1) is 18.9. The number of carbonyl (C=O) groups excluding carboxylic acids is 2. The molecule has 0 spiro atoms. The summed E-state index contributed by atoms with van der Waals surface area (Å²) < 4.78 is 9.65. The molecule has 0 aromatic heterocycles. The number of hydrogen-bond acceptors (Lipinski definition) is 8. The Bertz CT molecular complexity index is 494. The fraction of sp³-hybridized carbons (Fsp3) is 0.714. The molecule has 2 unspecified atom stereocenters. The summed E-state index contributed by atoms with van der Waals surface area (Å²) in [5, 5.41) is 9.18. The highest BCUT2D eigenvalue weighted by molar-refractivity contribution is 5.78. The van der Waals surface area contributed by atoms with Gasteiger partial charge in [-0.25, -0.2) is 0 Å². The van der Waals surface area contributed by atoms with E-state index in [1.165, 1.54) is 14.0 Å². The van der Waals surface area contributed by atoms with E-state index in [0.717, 1.165) is 5.57 Å². The van der Waals surface area contributed by atoms with Crippen LogP contribution in [0.5, 0.6) is 0 Å². The Balaban J connectivity index is 2.82. The van der Waals surface area contributed by atoms with E-state index in [0.29, 0.717) is 6.54 Å². The van der Waals surface area contributed by atoms with Gasteiger partial charge in [-0.3, -0.25) is 19.3 Å². The molecule has 0 bridgehead atoms. The van der Waals surface area contributed by atoms with Gasteiger partial charge < -0.3 is 9.47 Å². The van der Waals surface area contributed by atoms with Crippen molar-refractivity contribution in [1.29, 1.82) is 0 Å². The second-order valence-corrected chi connectivity index (χ2v) is 5.61. The second kappa shape index (κ2) is 7.91. The van der Waals surface area contributed by atoms with Gasteiger partial charge in [0.25, 0.3) is 5.09 Å². The van der Waals surface area contributed by atoms with Gasteiger partial charge in [-0.2, -0.15) is 0 Å². The van der Waals surface area contributed by atoms with Crippen LogP contribution in [0.3, 0.4) is 0 Å². The van der Waals surface area contributed by atoms with E-state index in [4.69, 9.17) is 9.47 Å². The van der Waals surface area contributed by atoms with Gasteiger partial charge in [0.1, 0.15) is 6.04 Å². The fourth-order valence-electron chi connectivity index (χ4n) is 2.93. The third-order valence-corrected chi connectivity index (χ3v) is 3.89. The van der Waals surface area contributed by atoms with Crippen LogP contribution in [0.1, 0.15) is 20.3 Å². The van der Waals surface area contributed by atoms with Crippen molar-refractivity contribution in [2.24, 2.45) is 11.8 Å². The fourth-order valence-corrected chi connectivity index (χ4v) is 2.93. The highest BCUT2D eigenvalue weighted by Gasteiger charge is 2.46. The maximum absolute atomic E-state index is 12.0. The van der Waals surface area contributed by atoms with Crippen LogP contribution < -0.4 is 0 Å². The lowest BCUT2D eigenvalue weighted by molar-refractivity contribution is -0.777. The van der Waals surface area contributed by atoms with Crippen molar-refractivity contribution in [3.05, 3.63) is 22.3 Å². The van der Waals surface area contributed by atoms with Crippen LogP contribution in [-0.2, 0) is 23.9 Å².